The lowest BCUT2D eigenvalue weighted by molar-refractivity contribution is -0.0149. The molecule has 0 radical (unpaired) electrons. The van der Waals surface area contributed by atoms with E-state index in [0.29, 0.717) is 10.7 Å². The minimum atomic E-state index is -0.331. The fourth-order valence-corrected chi connectivity index (χ4v) is 2.79. The van der Waals surface area contributed by atoms with Crippen molar-refractivity contribution in [2.24, 2.45) is 0 Å². The standard InChI is InChI=1S/C16H22ClNO3/c1-10(2)14-7-11(8-15(17)18-14)16(19)21-13-6-4-5-12(9-13)20-3/h7-8,10,12-13H,4-6,9H2,1-3H3. The van der Waals surface area contributed by atoms with Crippen LogP contribution in [0, 0.1) is 0 Å². The molecule has 1 saturated carbocycles. The molecule has 1 aliphatic rings. The smallest absolute Gasteiger partial charge is 0.338 e. The number of nitrogens with zero attached hydrogens (tertiary/aromatic N) is 1. The van der Waals surface area contributed by atoms with Crippen LogP contribution in [0.4, 0.5) is 0 Å². The SMILES string of the molecule is COC1CCCC(OC(=O)c2cc(Cl)nc(C(C)C)c2)C1. The van der Waals surface area contributed by atoms with Crippen molar-refractivity contribution in [3.63, 3.8) is 0 Å². The minimum absolute atomic E-state index is 0.0781. The Labute approximate surface area is 130 Å². The van der Waals surface area contributed by atoms with Gasteiger partial charge in [0.25, 0.3) is 0 Å². The van der Waals surface area contributed by atoms with E-state index >= 15 is 0 Å². The normalized spacial score (nSPS) is 22.3. The van der Waals surface area contributed by atoms with E-state index in [1.54, 1.807) is 19.2 Å². The number of methoxy groups -OCH3 is 1. The molecule has 1 fully saturated rings. The average molecular weight is 312 g/mol. The number of carbonyl (C=O) groups is 1. The summed E-state index contributed by atoms with van der Waals surface area (Å²) in [7, 11) is 1.70. The Bertz CT molecular complexity index is 504. The molecule has 4 nitrogen and oxygen atoms in total. The second kappa shape index (κ2) is 7.23. The molecule has 2 unspecified atom stereocenters. The Hall–Kier alpha value is -1.13. The van der Waals surface area contributed by atoms with Gasteiger partial charge in [-0.2, -0.15) is 0 Å². The molecular weight excluding hydrogens is 290 g/mol. The summed E-state index contributed by atoms with van der Waals surface area (Å²) in [5.74, 6) is -0.120. The van der Waals surface area contributed by atoms with Crippen molar-refractivity contribution in [1.82, 2.24) is 4.98 Å². The van der Waals surface area contributed by atoms with Crippen molar-refractivity contribution in [2.75, 3.05) is 7.11 Å². The Morgan fingerprint density at radius 1 is 1.33 bits per heavy atom. The number of hydrogen-bond donors (Lipinski definition) is 0. The second-order valence-electron chi connectivity index (χ2n) is 5.81. The van der Waals surface area contributed by atoms with E-state index in [-0.39, 0.29) is 24.1 Å². The largest absolute Gasteiger partial charge is 0.459 e. The summed E-state index contributed by atoms with van der Waals surface area (Å²) < 4.78 is 10.9. The first-order chi connectivity index (χ1) is 9.99. The van der Waals surface area contributed by atoms with E-state index in [0.717, 1.165) is 31.4 Å². The van der Waals surface area contributed by atoms with E-state index < -0.39 is 0 Å². The van der Waals surface area contributed by atoms with Crippen molar-refractivity contribution < 1.29 is 14.3 Å². The average Bonchev–Trinajstić information content (AvgIpc) is 2.46. The maximum atomic E-state index is 12.3. The monoisotopic (exact) mass is 311 g/mol. The third kappa shape index (κ3) is 4.42. The van der Waals surface area contributed by atoms with Crippen LogP contribution in [0.1, 0.15) is 61.5 Å². The molecule has 2 rings (SSSR count). The van der Waals surface area contributed by atoms with Crippen LogP contribution in [0.5, 0.6) is 0 Å². The molecule has 21 heavy (non-hydrogen) atoms. The quantitative estimate of drug-likeness (QED) is 0.623. The van der Waals surface area contributed by atoms with Crippen molar-refractivity contribution in [1.29, 1.82) is 0 Å². The van der Waals surface area contributed by atoms with Crippen molar-refractivity contribution in [3.8, 4) is 0 Å². The van der Waals surface area contributed by atoms with E-state index in [1.807, 2.05) is 13.8 Å². The highest BCUT2D eigenvalue weighted by molar-refractivity contribution is 6.29. The van der Waals surface area contributed by atoms with Crippen LogP contribution in [-0.4, -0.2) is 30.3 Å². The van der Waals surface area contributed by atoms with Crippen molar-refractivity contribution in [3.05, 3.63) is 28.5 Å². The van der Waals surface area contributed by atoms with Crippen LogP contribution in [-0.2, 0) is 9.47 Å². The molecule has 0 saturated heterocycles. The number of rotatable bonds is 4. The molecule has 0 bridgehead atoms. The number of ether oxygens (including phenoxy) is 2. The topological polar surface area (TPSA) is 48.4 Å². The predicted octanol–water partition coefficient (Wildman–Crippen LogP) is 3.97. The zero-order chi connectivity index (χ0) is 15.4. The summed E-state index contributed by atoms with van der Waals surface area (Å²) in [5.41, 5.74) is 1.27. The highest BCUT2D eigenvalue weighted by atomic mass is 35.5. The highest BCUT2D eigenvalue weighted by Crippen LogP contribution is 2.25. The Kier molecular flexibility index (Phi) is 5.59. The maximum absolute atomic E-state index is 12.3. The van der Waals surface area contributed by atoms with E-state index in [2.05, 4.69) is 4.98 Å². The van der Waals surface area contributed by atoms with Crippen LogP contribution in [0.2, 0.25) is 5.15 Å². The lowest BCUT2D eigenvalue weighted by Gasteiger charge is -2.28. The third-order valence-electron chi connectivity index (χ3n) is 3.83. The maximum Gasteiger partial charge on any atom is 0.338 e. The molecule has 5 heteroatoms. The van der Waals surface area contributed by atoms with Crippen LogP contribution in [0.25, 0.3) is 0 Å². The van der Waals surface area contributed by atoms with Crippen LogP contribution >= 0.6 is 11.6 Å². The van der Waals surface area contributed by atoms with Crippen molar-refractivity contribution >= 4 is 17.6 Å². The van der Waals surface area contributed by atoms with Gasteiger partial charge in [0.1, 0.15) is 11.3 Å². The molecule has 0 aliphatic heterocycles. The molecule has 1 heterocycles. The Balaban J connectivity index is 2.06. The fraction of sp³-hybridized carbons (Fsp3) is 0.625. The van der Waals surface area contributed by atoms with E-state index in [9.17, 15) is 4.79 Å². The molecule has 0 spiro atoms. The summed E-state index contributed by atoms with van der Waals surface area (Å²) >= 11 is 5.99. The van der Waals surface area contributed by atoms with Gasteiger partial charge in [-0.15, -0.1) is 0 Å². The minimum Gasteiger partial charge on any atom is -0.459 e. The lowest BCUT2D eigenvalue weighted by Crippen LogP contribution is -2.29. The predicted molar refractivity (Wildman–Crippen MR) is 81.8 cm³/mol. The summed E-state index contributed by atoms with van der Waals surface area (Å²) in [4.78, 5) is 16.5. The first-order valence-corrected chi connectivity index (χ1v) is 7.78. The number of hydrogen-bond acceptors (Lipinski definition) is 4. The van der Waals surface area contributed by atoms with Gasteiger partial charge in [-0.3, -0.25) is 0 Å². The first-order valence-electron chi connectivity index (χ1n) is 7.41. The molecule has 0 N–H and O–H groups in total. The van der Waals surface area contributed by atoms with E-state index in [4.69, 9.17) is 21.1 Å². The van der Waals surface area contributed by atoms with Gasteiger partial charge < -0.3 is 9.47 Å². The fourth-order valence-electron chi connectivity index (χ4n) is 2.57. The molecule has 116 valence electrons. The number of pyridine rings is 1. The zero-order valence-electron chi connectivity index (χ0n) is 12.8. The summed E-state index contributed by atoms with van der Waals surface area (Å²) in [6.07, 6.45) is 3.81. The van der Waals surface area contributed by atoms with Gasteiger partial charge in [0.15, 0.2) is 0 Å². The molecule has 1 aliphatic carbocycles. The van der Waals surface area contributed by atoms with Crippen LogP contribution in [0.15, 0.2) is 12.1 Å². The number of aromatic nitrogens is 1. The molecular formula is C16H22ClNO3. The second-order valence-corrected chi connectivity index (χ2v) is 6.20. The molecule has 0 aromatic carbocycles. The molecule has 1 aromatic heterocycles. The molecule has 2 atom stereocenters. The van der Waals surface area contributed by atoms with Gasteiger partial charge in [0, 0.05) is 19.2 Å². The van der Waals surface area contributed by atoms with Gasteiger partial charge in [-0.1, -0.05) is 25.4 Å². The number of carbonyl (C=O) groups excluding carboxylic acids is 1. The van der Waals surface area contributed by atoms with Crippen LogP contribution < -0.4 is 0 Å². The molecule has 1 aromatic rings. The summed E-state index contributed by atoms with van der Waals surface area (Å²) in [6.45, 7) is 4.02. The van der Waals surface area contributed by atoms with Crippen LogP contribution in [0.3, 0.4) is 0 Å². The zero-order valence-corrected chi connectivity index (χ0v) is 13.5. The Morgan fingerprint density at radius 2 is 2.05 bits per heavy atom. The van der Waals surface area contributed by atoms with Crippen molar-refractivity contribution in [2.45, 2.75) is 57.7 Å². The van der Waals surface area contributed by atoms with Gasteiger partial charge >= 0.3 is 5.97 Å². The summed E-state index contributed by atoms with van der Waals surface area (Å²) in [6, 6.07) is 3.32. The lowest BCUT2D eigenvalue weighted by atomic mass is 9.95. The van der Waals surface area contributed by atoms with Gasteiger partial charge in [-0.05, 0) is 37.3 Å². The summed E-state index contributed by atoms with van der Waals surface area (Å²) in [5, 5.41) is 0.326. The van der Waals surface area contributed by atoms with Gasteiger partial charge in [0.05, 0.1) is 11.7 Å². The Morgan fingerprint density at radius 3 is 2.71 bits per heavy atom. The highest BCUT2D eigenvalue weighted by Gasteiger charge is 2.25. The van der Waals surface area contributed by atoms with Gasteiger partial charge in [-0.25, -0.2) is 9.78 Å². The number of halogens is 1. The third-order valence-corrected chi connectivity index (χ3v) is 4.02. The molecule has 0 amide bonds. The van der Waals surface area contributed by atoms with Gasteiger partial charge in [0.2, 0.25) is 0 Å². The van der Waals surface area contributed by atoms with E-state index in [1.165, 1.54) is 0 Å². The number of esters is 1. The first kappa shape index (κ1) is 16.2.